The van der Waals surface area contributed by atoms with Crippen molar-refractivity contribution in [3.63, 3.8) is 0 Å². The molecule has 64 valence electrons. The number of halogens is 2. The van der Waals surface area contributed by atoms with Crippen molar-refractivity contribution < 1.29 is 0 Å². The van der Waals surface area contributed by atoms with Gasteiger partial charge in [-0.15, -0.1) is 0 Å². The molecule has 4 heteroatoms. The number of hydrogen-bond donors (Lipinski definition) is 0. The second-order valence-corrected chi connectivity index (χ2v) is 4.19. The molecule has 1 saturated carbocycles. The third kappa shape index (κ3) is 1.48. The summed E-state index contributed by atoms with van der Waals surface area (Å²) in [6, 6.07) is 0. The third-order valence-electron chi connectivity index (χ3n) is 1.91. The van der Waals surface area contributed by atoms with Gasteiger partial charge in [0.25, 0.3) is 0 Å². The minimum absolute atomic E-state index is 0.532. The van der Waals surface area contributed by atoms with Crippen LogP contribution in [-0.4, -0.2) is 9.97 Å². The van der Waals surface area contributed by atoms with E-state index < -0.39 is 0 Å². The lowest BCUT2D eigenvalue weighted by molar-refractivity contribution is 0.928. The summed E-state index contributed by atoms with van der Waals surface area (Å²) in [5, 5.41) is 0.532. The van der Waals surface area contributed by atoms with Crippen LogP contribution in [0, 0.1) is 6.92 Å². The Bertz CT molecular complexity index is 323. The van der Waals surface area contributed by atoms with E-state index in [1.807, 2.05) is 6.92 Å². The number of aryl methyl sites for hydroxylation is 1. The number of aromatic nitrogens is 2. The lowest BCUT2D eigenvalue weighted by Gasteiger charge is -2.03. The van der Waals surface area contributed by atoms with Gasteiger partial charge in [0.05, 0.1) is 10.2 Å². The Labute approximate surface area is 84.5 Å². The molecule has 2 nitrogen and oxygen atoms in total. The fourth-order valence-electron chi connectivity index (χ4n) is 1.17. The van der Waals surface area contributed by atoms with Crippen LogP contribution in [0.25, 0.3) is 0 Å². The molecular weight excluding hydrogens is 239 g/mol. The fourth-order valence-corrected chi connectivity index (χ4v) is 1.89. The highest BCUT2D eigenvalue weighted by Crippen LogP contribution is 2.43. The number of hydrogen-bond acceptors (Lipinski definition) is 2. The molecule has 1 heterocycles. The van der Waals surface area contributed by atoms with E-state index in [2.05, 4.69) is 25.9 Å². The normalized spacial score (nSPS) is 16.6. The molecule has 0 aliphatic heterocycles. The maximum atomic E-state index is 5.89. The lowest BCUT2D eigenvalue weighted by atomic mass is 10.3. The molecule has 1 aromatic rings. The molecular formula is C8H8BrClN2. The van der Waals surface area contributed by atoms with E-state index in [0.29, 0.717) is 11.1 Å². The van der Waals surface area contributed by atoms with Gasteiger partial charge in [0.15, 0.2) is 0 Å². The summed E-state index contributed by atoms with van der Waals surface area (Å²) in [5.41, 5.74) is 1.08. The van der Waals surface area contributed by atoms with E-state index in [9.17, 15) is 0 Å². The van der Waals surface area contributed by atoms with E-state index in [1.165, 1.54) is 12.8 Å². The molecule has 0 spiro atoms. The van der Waals surface area contributed by atoms with E-state index in [0.717, 1.165) is 16.0 Å². The summed E-state index contributed by atoms with van der Waals surface area (Å²) >= 11 is 9.29. The Kier molecular flexibility index (Phi) is 2.09. The minimum atomic E-state index is 0.532. The Morgan fingerprint density at radius 1 is 1.42 bits per heavy atom. The van der Waals surface area contributed by atoms with Gasteiger partial charge >= 0.3 is 0 Å². The molecule has 0 saturated heterocycles. The average molecular weight is 248 g/mol. The van der Waals surface area contributed by atoms with Crippen LogP contribution < -0.4 is 0 Å². The van der Waals surface area contributed by atoms with E-state index in [-0.39, 0.29) is 0 Å². The van der Waals surface area contributed by atoms with Crippen molar-refractivity contribution in [2.24, 2.45) is 0 Å². The van der Waals surface area contributed by atoms with Crippen molar-refractivity contribution in [2.45, 2.75) is 25.7 Å². The standard InChI is InChI=1S/C8H8BrClN2/c1-4-11-7(5-2-3-5)6(9)8(10)12-4/h5H,2-3H2,1H3. The topological polar surface area (TPSA) is 25.8 Å². The summed E-state index contributed by atoms with van der Waals surface area (Å²) in [6.07, 6.45) is 2.46. The zero-order chi connectivity index (χ0) is 8.72. The van der Waals surface area contributed by atoms with Gasteiger partial charge in [-0.2, -0.15) is 0 Å². The van der Waals surface area contributed by atoms with Crippen molar-refractivity contribution in [2.75, 3.05) is 0 Å². The van der Waals surface area contributed by atoms with Crippen LogP contribution in [0.5, 0.6) is 0 Å². The largest absolute Gasteiger partial charge is 0.237 e. The molecule has 1 aliphatic rings. The van der Waals surface area contributed by atoms with Gasteiger partial charge in [-0.25, -0.2) is 9.97 Å². The average Bonchev–Trinajstić information content (AvgIpc) is 2.79. The number of rotatable bonds is 1. The molecule has 0 aromatic carbocycles. The predicted octanol–water partition coefficient (Wildman–Crippen LogP) is 3.08. The van der Waals surface area contributed by atoms with Crippen molar-refractivity contribution >= 4 is 27.5 Å². The highest BCUT2D eigenvalue weighted by atomic mass is 79.9. The van der Waals surface area contributed by atoms with Gasteiger partial charge in [-0.05, 0) is 35.7 Å². The Morgan fingerprint density at radius 2 is 2.08 bits per heavy atom. The van der Waals surface area contributed by atoms with E-state index in [1.54, 1.807) is 0 Å². The highest BCUT2D eigenvalue weighted by molar-refractivity contribution is 9.10. The monoisotopic (exact) mass is 246 g/mol. The van der Waals surface area contributed by atoms with Crippen molar-refractivity contribution in [3.8, 4) is 0 Å². The molecule has 0 atom stereocenters. The molecule has 2 rings (SSSR count). The first-order valence-corrected chi connectivity index (χ1v) is 5.05. The third-order valence-corrected chi connectivity index (χ3v) is 3.20. The van der Waals surface area contributed by atoms with Crippen LogP contribution in [0.4, 0.5) is 0 Å². The molecule has 0 amide bonds. The fraction of sp³-hybridized carbons (Fsp3) is 0.500. The summed E-state index contributed by atoms with van der Waals surface area (Å²) in [7, 11) is 0. The molecule has 1 fully saturated rings. The number of nitrogens with zero attached hydrogens (tertiary/aromatic N) is 2. The van der Waals surface area contributed by atoms with E-state index >= 15 is 0 Å². The molecule has 0 radical (unpaired) electrons. The van der Waals surface area contributed by atoms with Crippen molar-refractivity contribution in [3.05, 3.63) is 21.1 Å². The summed E-state index contributed by atoms with van der Waals surface area (Å²) < 4.78 is 0.872. The first-order valence-electron chi connectivity index (χ1n) is 3.88. The minimum Gasteiger partial charge on any atom is -0.237 e. The molecule has 0 unspecified atom stereocenters. The Hall–Kier alpha value is -0.150. The Morgan fingerprint density at radius 3 is 2.67 bits per heavy atom. The zero-order valence-corrected chi connectivity index (χ0v) is 8.98. The summed E-state index contributed by atoms with van der Waals surface area (Å²) in [5.74, 6) is 1.36. The van der Waals surface area contributed by atoms with Crippen LogP contribution in [0.15, 0.2) is 4.47 Å². The van der Waals surface area contributed by atoms with Crippen LogP contribution >= 0.6 is 27.5 Å². The molecule has 0 bridgehead atoms. The molecule has 1 aromatic heterocycles. The van der Waals surface area contributed by atoms with Gasteiger partial charge in [0.2, 0.25) is 0 Å². The van der Waals surface area contributed by atoms with Gasteiger partial charge in [-0.1, -0.05) is 11.6 Å². The second kappa shape index (κ2) is 2.96. The maximum absolute atomic E-state index is 5.89. The van der Waals surface area contributed by atoms with Gasteiger partial charge in [0, 0.05) is 5.92 Å². The van der Waals surface area contributed by atoms with Gasteiger partial charge in [0.1, 0.15) is 11.0 Å². The molecule has 0 N–H and O–H groups in total. The summed E-state index contributed by atoms with van der Waals surface area (Å²) in [6.45, 7) is 1.87. The molecule has 12 heavy (non-hydrogen) atoms. The van der Waals surface area contributed by atoms with Crippen LogP contribution in [0.3, 0.4) is 0 Å². The first kappa shape index (κ1) is 8.45. The van der Waals surface area contributed by atoms with Crippen LogP contribution in [0.1, 0.15) is 30.3 Å². The predicted molar refractivity (Wildman–Crippen MR) is 51.5 cm³/mol. The maximum Gasteiger partial charge on any atom is 0.147 e. The van der Waals surface area contributed by atoms with Crippen molar-refractivity contribution in [1.29, 1.82) is 0 Å². The van der Waals surface area contributed by atoms with E-state index in [4.69, 9.17) is 11.6 Å². The smallest absolute Gasteiger partial charge is 0.147 e. The van der Waals surface area contributed by atoms with Crippen LogP contribution in [0.2, 0.25) is 5.15 Å². The lowest BCUT2D eigenvalue weighted by Crippen LogP contribution is -1.96. The zero-order valence-electron chi connectivity index (χ0n) is 6.64. The Balaban J connectivity index is 2.51. The van der Waals surface area contributed by atoms with Gasteiger partial charge < -0.3 is 0 Å². The second-order valence-electron chi connectivity index (χ2n) is 3.04. The first-order chi connectivity index (χ1) is 5.68. The van der Waals surface area contributed by atoms with Crippen molar-refractivity contribution in [1.82, 2.24) is 9.97 Å². The SMILES string of the molecule is Cc1nc(Cl)c(Br)c(C2CC2)n1. The van der Waals surface area contributed by atoms with Gasteiger partial charge in [-0.3, -0.25) is 0 Å². The summed E-state index contributed by atoms with van der Waals surface area (Å²) in [4.78, 5) is 8.40. The van der Waals surface area contributed by atoms with Crippen LogP contribution in [-0.2, 0) is 0 Å². The molecule has 1 aliphatic carbocycles. The quantitative estimate of drug-likeness (QED) is 0.713. The highest BCUT2D eigenvalue weighted by Gasteiger charge is 2.28.